The lowest BCUT2D eigenvalue weighted by molar-refractivity contribution is -0.385. The first-order chi connectivity index (χ1) is 10.3. The van der Waals surface area contributed by atoms with Crippen molar-refractivity contribution in [1.82, 2.24) is 5.32 Å². The van der Waals surface area contributed by atoms with Crippen LogP contribution in [-0.4, -0.2) is 35.1 Å². The number of methoxy groups -OCH3 is 1. The Morgan fingerprint density at radius 1 is 1.45 bits per heavy atom. The van der Waals surface area contributed by atoms with Crippen LogP contribution in [0.1, 0.15) is 35.7 Å². The third-order valence-corrected chi connectivity index (χ3v) is 3.18. The monoisotopic (exact) mass is 310 g/mol. The number of carbonyl (C=O) groups excluding carboxylic acids is 1. The number of hydrogen-bond acceptors (Lipinski definition) is 5. The molecule has 1 aromatic rings. The van der Waals surface area contributed by atoms with E-state index in [1.54, 1.807) is 6.92 Å². The van der Waals surface area contributed by atoms with Gasteiger partial charge in [0.25, 0.3) is 11.6 Å². The fourth-order valence-corrected chi connectivity index (χ4v) is 1.92. The second-order valence-electron chi connectivity index (χ2n) is 4.89. The van der Waals surface area contributed by atoms with Gasteiger partial charge in [-0.3, -0.25) is 19.7 Å². The summed E-state index contributed by atoms with van der Waals surface area (Å²) in [5.74, 6) is -1.22. The molecule has 1 atom stereocenters. The summed E-state index contributed by atoms with van der Waals surface area (Å²) in [5, 5.41) is 22.2. The zero-order valence-corrected chi connectivity index (χ0v) is 12.6. The van der Waals surface area contributed by atoms with E-state index in [0.29, 0.717) is 5.56 Å². The molecule has 0 aliphatic carbocycles. The first-order valence-corrected chi connectivity index (χ1v) is 6.62. The van der Waals surface area contributed by atoms with Crippen LogP contribution in [0.25, 0.3) is 0 Å². The van der Waals surface area contributed by atoms with Gasteiger partial charge in [-0.1, -0.05) is 0 Å². The lowest BCUT2D eigenvalue weighted by Crippen LogP contribution is -2.33. The Hall–Kier alpha value is -2.64. The van der Waals surface area contributed by atoms with Gasteiger partial charge in [-0.05, 0) is 26.3 Å². The molecule has 2 N–H and O–H groups in total. The van der Waals surface area contributed by atoms with E-state index < -0.39 is 16.8 Å². The number of aliphatic carboxylic acids is 1. The van der Waals surface area contributed by atoms with Crippen LogP contribution in [0.4, 0.5) is 5.69 Å². The Morgan fingerprint density at radius 2 is 2.09 bits per heavy atom. The van der Waals surface area contributed by atoms with Crippen molar-refractivity contribution >= 4 is 17.6 Å². The van der Waals surface area contributed by atoms with Crippen molar-refractivity contribution in [2.24, 2.45) is 0 Å². The molecule has 0 aliphatic heterocycles. The molecule has 0 aliphatic rings. The quantitative estimate of drug-likeness (QED) is 0.586. The number of hydrogen-bond donors (Lipinski definition) is 2. The minimum absolute atomic E-state index is 0.0706. The first kappa shape index (κ1) is 17.4. The number of carboxylic acids is 1. The molecule has 1 aromatic carbocycles. The highest BCUT2D eigenvalue weighted by atomic mass is 16.6. The molecule has 1 unspecified atom stereocenters. The number of nitro groups is 1. The molecule has 0 saturated heterocycles. The number of carboxylic acid groups (broad SMARTS) is 1. The third kappa shape index (κ3) is 4.44. The molecule has 1 rings (SSSR count). The van der Waals surface area contributed by atoms with E-state index in [4.69, 9.17) is 9.84 Å². The summed E-state index contributed by atoms with van der Waals surface area (Å²) < 4.78 is 5.05. The summed E-state index contributed by atoms with van der Waals surface area (Å²) in [7, 11) is 1.36. The van der Waals surface area contributed by atoms with Crippen LogP contribution in [0.2, 0.25) is 0 Å². The number of rotatable bonds is 7. The summed E-state index contributed by atoms with van der Waals surface area (Å²) >= 11 is 0. The number of nitro benzene ring substituents is 1. The van der Waals surface area contributed by atoms with Crippen molar-refractivity contribution in [3.05, 3.63) is 33.4 Å². The Bertz CT molecular complexity index is 599. The number of nitrogens with one attached hydrogen (secondary N) is 1. The maximum absolute atomic E-state index is 12.1. The molecule has 0 heterocycles. The molecule has 8 nitrogen and oxygen atoms in total. The SMILES string of the molecule is COc1cc(C(=O)NC(C)CCC(=O)O)cc([N+](=O)[O-])c1C. The topological polar surface area (TPSA) is 119 Å². The van der Waals surface area contributed by atoms with E-state index in [2.05, 4.69) is 5.32 Å². The second kappa shape index (κ2) is 7.39. The molecule has 0 saturated carbocycles. The maximum atomic E-state index is 12.1. The Labute approximate surface area is 127 Å². The second-order valence-corrected chi connectivity index (χ2v) is 4.89. The summed E-state index contributed by atoms with van der Waals surface area (Å²) in [5.41, 5.74) is 0.224. The fraction of sp³-hybridized carbons (Fsp3) is 0.429. The van der Waals surface area contributed by atoms with Gasteiger partial charge in [-0.2, -0.15) is 0 Å². The van der Waals surface area contributed by atoms with Gasteiger partial charge in [0.15, 0.2) is 0 Å². The third-order valence-electron chi connectivity index (χ3n) is 3.18. The van der Waals surface area contributed by atoms with Crippen molar-refractivity contribution in [3.63, 3.8) is 0 Å². The van der Waals surface area contributed by atoms with Gasteiger partial charge in [0.05, 0.1) is 17.6 Å². The van der Waals surface area contributed by atoms with Crippen LogP contribution >= 0.6 is 0 Å². The smallest absolute Gasteiger partial charge is 0.303 e. The lowest BCUT2D eigenvalue weighted by atomic mass is 10.1. The van der Waals surface area contributed by atoms with Crippen LogP contribution in [0.5, 0.6) is 5.75 Å². The van der Waals surface area contributed by atoms with Crippen molar-refractivity contribution in [2.75, 3.05) is 7.11 Å². The lowest BCUT2D eigenvalue weighted by Gasteiger charge is -2.14. The normalized spacial score (nSPS) is 11.6. The largest absolute Gasteiger partial charge is 0.496 e. The summed E-state index contributed by atoms with van der Waals surface area (Å²) in [6, 6.07) is 2.23. The molecular weight excluding hydrogens is 292 g/mol. The van der Waals surface area contributed by atoms with Crippen molar-refractivity contribution in [2.45, 2.75) is 32.7 Å². The van der Waals surface area contributed by atoms with E-state index in [9.17, 15) is 19.7 Å². The minimum atomic E-state index is -0.950. The highest BCUT2D eigenvalue weighted by molar-refractivity contribution is 5.95. The zero-order chi connectivity index (χ0) is 16.9. The first-order valence-electron chi connectivity index (χ1n) is 6.62. The van der Waals surface area contributed by atoms with Gasteiger partial charge in [0, 0.05) is 24.1 Å². The van der Waals surface area contributed by atoms with Crippen molar-refractivity contribution in [3.8, 4) is 5.75 Å². The van der Waals surface area contributed by atoms with E-state index in [1.807, 2.05) is 0 Å². The Morgan fingerprint density at radius 3 is 2.59 bits per heavy atom. The molecule has 22 heavy (non-hydrogen) atoms. The standard InChI is InChI=1S/C14H18N2O6/c1-8(4-5-13(17)18)15-14(19)10-6-11(16(20)21)9(2)12(7-10)22-3/h6-8H,4-5H2,1-3H3,(H,15,19)(H,17,18). The number of ether oxygens (including phenoxy) is 1. The molecule has 0 spiro atoms. The number of benzene rings is 1. The maximum Gasteiger partial charge on any atom is 0.303 e. The predicted octanol–water partition coefficient (Wildman–Crippen LogP) is 1.89. The summed E-state index contributed by atoms with van der Waals surface area (Å²) in [6.45, 7) is 3.20. The minimum Gasteiger partial charge on any atom is -0.496 e. The zero-order valence-electron chi connectivity index (χ0n) is 12.6. The molecule has 0 bridgehead atoms. The van der Waals surface area contributed by atoms with E-state index in [1.165, 1.54) is 26.2 Å². The molecule has 0 radical (unpaired) electrons. The van der Waals surface area contributed by atoms with E-state index in [-0.39, 0.29) is 35.9 Å². The van der Waals surface area contributed by atoms with Crippen LogP contribution < -0.4 is 10.1 Å². The highest BCUT2D eigenvalue weighted by Crippen LogP contribution is 2.29. The average molecular weight is 310 g/mol. The van der Waals surface area contributed by atoms with Crippen LogP contribution in [0.15, 0.2) is 12.1 Å². The molecular formula is C14H18N2O6. The van der Waals surface area contributed by atoms with Crippen LogP contribution in [-0.2, 0) is 4.79 Å². The molecule has 0 fully saturated rings. The average Bonchev–Trinajstić information content (AvgIpc) is 2.44. The van der Waals surface area contributed by atoms with Crippen LogP contribution in [0.3, 0.4) is 0 Å². The Balaban J connectivity index is 2.96. The fourth-order valence-electron chi connectivity index (χ4n) is 1.92. The van der Waals surface area contributed by atoms with Gasteiger partial charge in [-0.15, -0.1) is 0 Å². The van der Waals surface area contributed by atoms with Crippen molar-refractivity contribution in [1.29, 1.82) is 0 Å². The summed E-state index contributed by atoms with van der Waals surface area (Å²) in [4.78, 5) is 33.0. The highest BCUT2D eigenvalue weighted by Gasteiger charge is 2.20. The molecule has 8 heteroatoms. The summed E-state index contributed by atoms with van der Waals surface area (Å²) in [6.07, 6.45) is 0.199. The van der Waals surface area contributed by atoms with Gasteiger partial charge in [-0.25, -0.2) is 0 Å². The van der Waals surface area contributed by atoms with Crippen molar-refractivity contribution < 1.29 is 24.4 Å². The van der Waals surface area contributed by atoms with Gasteiger partial charge in [0.2, 0.25) is 0 Å². The number of amides is 1. The molecule has 1 amide bonds. The predicted molar refractivity (Wildman–Crippen MR) is 78.2 cm³/mol. The van der Waals surface area contributed by atoms with E-state index >= 15 is 0 Å². The number of carbonyl (C=O) groups is 2. The van der Waals surface area contributed by atoms with Gasteiger partial charge in [0.1, 0.15) is 5.75 Å². The molecule has 0 aromatic heterocycles. The van der Waals surface area contributed by atoms with Gasteiger partial charge < -0.3 is 15.2 Å². The molecule has 120 valence electrons. The van der Waals surface area contributed by atoms with Crippen LogP contribution in [0, 0.1) is 17.0 Å². The van der Waals surface area contributed by atoms with E-state index in [0.717, 1.165) is 0 Å². The Kier molecular flexibility index (Phi) is 5.85. The van der Waals surface area contributed by atoms with Gasteiger partial charge >= 0.3 is 5.97 Å². The number of nitrogens with zero attached hydrogens (tertiary/aromatic N) is 1.